The number of nitrogens with zero attached hydrogens (tertiary/aromatic N) is 1. The van der Waals surface area contributed by atoms with Crippen molar-refractivity contribution in [2.24, 2.45) is 5.73 Å². The zero-order chi connectivity index (χ0) is 12.6. The second-order valence-corrected chi connectivity index (χ2v) is 3.75. The molecule has 1 heterocycles. The number of nitrogens with two attached hydrogens (primary N) is 1. The van der Waals surface area contributed by atoms with Crippen LogP contribution >= 0.6 is 0 Å². The maximum atomic E-state index is 12.4. The fourth-order valence-electron chi connectivity index (χ4n) is 1.04. The molecule has 16 heavy (non-hydrogen) atoms. The molecule has 1 rings (SSSR count). The van der Waals surface area contributed by atoms with Crippen LogP contribution in [0.25, 0.3) is 0 Å². The second kappa shape index (κ2) is 3.89. The minimum absolute atomic E-state index is 0.158. The summed E-state index contributed by atoms with van der Waals surface area (Å²) in [6.07, 6.45) is -4.29. The summed E-state index contributed by atoms with van der Waals surface area (Å²) in [5.74, 6) is -0.158. The number of hydrogen-bond donors (Lipinski definition) is 2. The molecule has 0 aromatic carbocycles. The van der Waals surface area contributed by atoms with Crippen LogP contribution in [0.15, 0.2) is 10.9 Å². The Labute approximate surface area is 89.7 Å². The zero-order valence-corrected chi connectivity index (χ0v) is 8.85. The van der Waals surface area contributed by atoms with Crippen LogP contribution in [0.1, 0.15) is 31.8 Å². The highest BCUT2D eigenvalue weighted by Gasteiger charge is 2.35. The van der Waals surface area contributed by atoms with Crippen molar-refractivity contribution in [3.05, 3.63) is 27.9 Å². The number of hydrogen-bond acceptors (Lipinski definition) is 3. The fraction of sp³-hybridized carbons (Fsp3) is 0.556. The minimum atomic E-state index is -4.65. The van der Waals surface area contributed by atoms with Gasteiger partial charge in [-0.2, -0.15) is 13.2 Å². The van der Waals surface area contributed by atoms with Gasteiger partial charge in [-0.15, -0.1) is 0 Å². The summed E-state index contributed by atoms with van der Waals surface area (Å²) in [5, 5.41) is 0. The summed E-state index contributed by atoms with van der Waals surface area (Å²) in [6.45, 7) is 3.20. The van der Waals surface area contributed by atoms with Crippen molar-refractivity contribution in [2.45, 2.75) is 32.0 Å². The number of alkyl halides is 3. The fourth-order valence-corrected chi connectivity index (χ4v) is 1.04. The normalized spacial score (nSPS) is 15.9. The number of halogens is 3. The molecule has 0 aliphatic rings. The Morgan fingerprint density at radius 3 is 2.50 bits per heavy atom. The molecule has 0 fully saturated rings. The van der Waals surface area contributed by atoms with Gasteiger partial charge >= 0.3 is 6.18 Å². The molecule has 0 radical (unpaired) electrons. The molecule has 1 aromatic rings. The lowest BCUT2D eigenvalue weighted by Gasteiger charge is -2.21. The molecule has 3 N–H and O–H groups in total. The number of aromatic nitrogens is 2. The lowest BCUT2D eigenvalue weighted by atomic mass is 9.99. The molecular weight excluding hydrogens is 223 g/mol. The molecule has 0 bridgehead atoms. The summed E-state index contributed by atoms with van der Waals surface area (Å²) < 4.78 is 37.2. The Bertz CT molecular complexity index is 436. The highest BCUT2D eigenvalue weighted by Crippen LogP contribution is 2.27. The molecule has 0 saturated carbocycles. The van der Waals surface area contributed by atoms with Gasteiger partial charge in [-0.25, -0.2) is 4.98 Å². The largest absolute Gasteiger partial charge is 0.433 e. The predicted octanol–water partition coefficient (Wildman–Crippen LogP) is 1.37. The topological polar surface area (TPSA) is 71.8 Å². The first kappa shape index (κ1) is 12.7. The third kappa shape index (κ3) is 2.60. The highest BCUT2D eigenvalue weighted by molar-refractivity contribution is 5.11. The average Bonchev–Trinajstić information content (AvgIpc) is 2.15. The molecule has 90 valence electrons. The zero-order valence-electron chi connectivity index (χ0n) is 8.85. The van der Waals surface area contributed by atoms with E-state index in [1.165, 1.54) is 6.92 Å². The van der Waals surface area contributed by atoms with E-state index in [-0.39, 0.29) is 5.82 Å². The Morgan fingerprint density at radius 1 is 1.50 bits per heavy atom. The summed E-state index contributed by atoms with van der Waals surface area (Å²) in [4.78, 5) is 16.6. The van der Waals surface area contributed by atoms with Crippen LogP contribution in [0.3, 0.4) is 0 Å². The molecule has 7 heteroatoms. The molecule has 0 amide bonds. The molecule has 4 nitrogen and oxygen atoms in total. The summed E-state index contributed by atoms with van der Waals surface area (Å²) in [5.41, 5.74) is 2.55. The van der Waals surface area contributed by atoms with Gasteiger partial charge in [0.05, 0.1) is 5.54 Å². The predicted molar refractivity (Wildman–Crippen MR) is 51.7 cm³/mol. The van der Waals surface area contributed by atoms with Crippen LogP contribution in [0.4, 0.5) is 13.2 Å². The van der Waals surface area contributed by atoms with Gasteiger partial charge in [0, 0.05) is 6.07 Å². The number of aromatic amines is 1. The van der Waals surface area contributed by atoms with Crippen molar-refractivity contribution in [1.29, 1.82) is 0 Å². The Morgan fingerprint density at radius 2 is 2.06 bits per heavy atom. The Hall–Kier alpha value is -1.37. The first-order chi connectivity index (χ1) is 7.16. The van der Waals surface area contributed by atoms with Crippen LogP contribution < -0.4 is 11.3 Å². The monoisotopic (exact) mass is 235 g/mol. The molecule has 0 aliphatic heterocycles. The molecule has 1 unspecified atom stereocenters. The standard InChI is InChI=1S/C9H12F3N3O/c1-3-8(2,13)7-14-5(9(10,11)12)4-6(16)15-7/h4H,3,13H2,1-2H3,(H,14,15,16). The maximum absolute atomic E-state index is 12.4. The van der Waals surface area contributed by atoms with Gasteiger partial charge in [-0.1, -0.05) is 6.92 Å². The van der Waals surface area contributed by atoms with E-state index in [1.54, 1.807) is 6.92 Å². The molecule has 1 atom stereocenters. The molecule has 1 aromatic heterocycles. The van der Waals surface area contributed by atoms with Crippen molar-refractivity contribution in [3.8, 4) is 0 Å². The van der Waals surface area contributed by atoms with E-state index in [0.717, 1.165) is 0 Å². The quantitative estimate of drug-likeness (QED) is 0.813. The molecular formula is C9H12F3N3O. The number of nitrogens with one attached hydrogen (secondary N) is 1. The van der Waals surface area contributed by atoms with E-state index in [9.17, 15) is 18.0 Å². The number of rotatable bonds is 2. The average molecular weight is 235 g/mol. The maximum Gasteiger partial charge on any atom is 0.433 e. The molecule has 0 saturated heterocycles. The summed E-state index contributed by atoms with van der Waals surface area (Å²) >= 11 is 0. The van der Waals surface area contributed by atoms with E-state index in [1.807, 2.05) is 0 Å². The van der Waals surface area contributed by atoms with E-state index < -0.39 is 23.0 Å². The van der Waals surface area contributed by atoms with Crippen LogP contribution in [-0.2, 0) is 11.7 Å². The van der Waals surface area contributed by atoms with Gasteiger partial charge in [0.15, 0.2) is 5.69 Å². The van der Waals surface area contributed by atoms with Gasteiger partial charge in [-0.3, -0.25) is 4.79 Å². The SMILES string of the molecule is CCC(C)(N)c1nc(C(F)(F)F)cc(=O)[nH]1. The van der Waals surface area contributed by atoms with E-state index in [0.29, 0.717) is 12.5 Å². The third-order valence-corrected chi connectivity index (χ3v) is 2.31. The molecule has 0 spiro atoms. The van der Waals surface area contributed by atoms with Crippen LogP contribution in [0.5, 0.6) is 0 Å². The van der Waals surface area contributed by atoms with Crippen molar-refractivity contribution < 1.29 is 13.2 Å². The summed E-state index contributed by atoms with van der Waals surface area (Å²) in [6, 6.07) is 0.412. The van der Waals surface area contributed by atoms with Gasteiger partial charge in [0.25, 0.3) is 5.56 Å². The summed E-state index contributed by atoms with van der Waals surface area (Å²) in [7, 11) is 0. The van der Waals surface area contributed by atoms with Crippen LogP contribution in [-0.4, -0.2) is 9.97 Å². The van der Waals surface area contributed by atoms with Crippen molar-refractivity contribution in [3.63, 3.8) is 0 Å². The highest BCUT2D eigenvalue weighted by atomic mass is 19.4. The van der Waals surface area contributed by atoms with E-state index >= 15 is 0 Å². The first-order valence-electron chi connectivity index (χ1n) is 4.64. The van der Waals surface area contributed by atoms with Gasteiger partial charge in [-0.05, 0) is 13.3 Å². The van der Waals surface area contributed by atoms with Crippen LogP contribution in [0, 0.1) is 0 Å². The van der Waals surface area contributed by atoms with E-state index in [2.05, 4.69) is 9.97 Å². The van der Waals surface area contributed by atoms with E-state index in [4.69, 9.17) is 5.73 Å². The van der Waals surface area contributed by atoms with Crippen molar-refractivity contribution >= 4 is 0 Å². The van der Waals surface area contributed by atoms with Gasteiger partial charge in [0.1, 0.15) is 5.82 Å². The first-order valence-corrected chi connectivity index (χ1v) is 4.64. The van der Waals surface area contributed by atoms with Gasteiger partial charge in [0.2, 0.25) is 0 Å². The third-order valence-electron chi connectivity index (χ3n) is 2.31. The Balaban J connectivity index is 3.35. The minimum Gasteiger partial charge on any atom is -0.319 e. The lowest BCUT2D eigenvalue weighted by molar-refractivity contribution is -0.141. The second-order valence-electron chi connectivity index (χ2n) is 3.75. The van der Waals surface area contributed by atoms with Gasteiger partial charge < -0.3 is 10.7 Å². The Kier molecular flexibility index (Phi) is 3.09. The van der Waals surface area contributed by atoms with Crippen LogP contribution in [0.2, 0.25) is 0 Å². The number of H-pyrrole nitrogens is 1. The lowest BCUT2D eigenvalue weighted by Crippen LogP contribution is -2.37. The molecule has 0 aliphatic carbocycles. The van der Waals surface area contributed by atoms with Crippen molar-refractivity contribution in [1.82, 2.24) is 9.97 Å². The smallest absolute Gasteiger partial charge is 0.319 e. The van der Waals surface area contributed by atoms with Crippen molar-refractivity contribution in [2.75, 3.05) is 0 Å².